The second-order valence-electron chi connectivity index (χ2n) is 10.9. The molecule has 0 bridgehead atoms. The van der Waals surface area contributed by atoms with Gasteiger partial charge in [0, 0.05) is 30.0 Å². The summed E-state index contributed by atoms with van der Waals surface area (Å²) in [5.41, 5.74) is 4.13. The normalized spacial score (nSPS) is 17.5. The van der Waals surface area contributed by atoms with Crippen molar-refractivity contribution in [2.24, 2.45) is 0 Å². The molecule has 0 saturated carbocycles. The van der Waals surface area contributed by atoms with Gasteiger partial charge in [0.2, 0.25) is 0 Å². The van der Waals surface area contributed by atoms with Crippen LogP contribution in [0.4, 0.5) is 14.7 Å². The number of rotatable bonds is 3. The fourth-order valence-electron chi connectivity index (χ4n) is 4.80. The van der Waals surface area contributed by atoms with Gasteiger partial charge in [0.05, 0.1) is 34.3 Å². The number of nitrogens with zero attached hydrogens (tertiary/aromatic N) is 5. The van der Waals surface area contributed by atoms with Crippen LogP contribution in [0.3, 0.4) is 0 Å². The van der Waals surface area contributed by atoms with Crippen LogP contribution >= 0.6 is 11.3 Å². The molecule has 1 N–H and O–H groups in total. The number of nitrogens with one attached hydrogen (secondary N) is 1. The lowest BCUT2D eigenvalue weighted by Gasteiger charge is -2.44. The zero-order valence-corrected chi connectivity index (χ0v) is 24.2. The third-order valence-electron chi connectivity index (χ3n) is 6.26. The number of aryl methyl sites for hydroxylation is 2. The molecule has 1 aliphatic rings. The van der Waals surface area contributed by atoms with E-state index in [1.165, 1.54) is 11.3 Å². The molecule has 204 valence electrons. The van der Waals surface area contributed by atoms with Gasteiger partial charge >= 0.3 is 12.1 Å². The van der Waals surface area contributed by atoms with E-state index in [9.17, 15) is 14.9 Å². The molecule has 1 fully saturated rings. The Morgan fingerprint density at radius 2 is 1.69 bits per heavy atom. The number of ether oxygens (including phenoxy) is 1. The summed E-state index contributed by atoms with van der Waals surface area (Å²) >= 11 is 1.38. The molecule has 2 aromatic heterocycles. The molecule has 0 radical (unpaired) electrons. The summed E-state index contributed by atoms with van der Waals surface area (Å²) in [4.78, 5) is 39.7. The number of piperazine rings is 1. The maximum absolute atomic E-state index is 13.4. The van der Waals surface area contributed by atoms with Crippen LogP contribution in [-0.4, -0.2) is 62.7 Å². The molecule has 10 heteroatoms. The van der Waals surface area contributed by atoms with Crippen molar-refractivity contribution in [3.05, 3.63) is 53.3 Å². The molecule has 3 aromatic rings. The standard InChI is InChI=1S/C29H34N6O3S/c1-17-11-23(12-18(2)31-17)25-24(22-10-8-9-21(13-22)14-30)32-26(39-25)33-27(36)34-15-19(3)35(20(4)16-34)28(37)38-29(5,6)7/h8-13,19-20H,15-16H2,1-7H3,(H,32,33,36)/t19-,20-/m0/s1. The Labute approximate surface area is 233 Å². The third kappa shape index (κ3) is 6.55. The summed E-state index contributed by atoms with van der Waals surface area (Å²) in [6.07, 6.45) is -0.376. The first-order valence-corrected chi connectivity index (χ1v) is 13.7. The average molecular weight is 547 g/mol. The van der Waals surface area contributed by atoms with Crippen LogP contribution in [0.15, 0.2) is 36.4 Å². The van der Waals surface area contributed by atoms with E-state index in [-0.39, 0.29) is 24.2 Å². The van der Waals surface area contributed by atoms with Crippen LogP contribution in [0, 0.1) is 25.2 Å². The molecule has 1 aromatic carbocycles. The average Bonchev–Trinajstić information content (AvgIpc) is 3.25. The Kier molecular flexibility index (Phi) is 7.93. The van der Waals surface area contributed by atoms with Gasteiger partial charge in [-0.2, -0.15) is 5.26 Å². The topological polar surface area (TPSA) is 111 Å². The number of carbonyl (C=O) groups excluding carboxylic acids is 2. The van der Waals surface area contributed by atoms with Crippen LogP contribution < -0.4 is 5.32 Å². The number of pyridine rings is 1. The van der Waals surface area contributed by atoms with Gasteiger partial charge < -0.3 is 9.64 Å². The number of amides is 3. The molecule has 0 aliphatic carbocycles. The Bertz CT molecular complexity index is 1410. The zero-order valence-electron chi connectivity index (χ0n) is 23.4. The van der Waals surface area contributed by atoms with Crippen LogP contribution in [0.1, 0.15) is 51.6 Å². The number of urea groups is 1. The number of anilines is 1. The summed E-state index contributed by atoms with van der Waals surface area (Å²) in [6.45, 7) is 14.0. The fraction of sp³-hybridized carbons (Fsp3) is 0.414. The lowest BCUT2D eigenvalue weighted by atomic mass is 10.0. The van der Waals surface area contributed by atoms with Crippen molar-refractivity contribution in [2.75, 3.05) is 18.4 Å². The SMILES string of the molecule is Cc1cc(-c2sc(NC(=O)N3C[C@H](C)N(C(=O)OC(C)(C)C)[C@@H](C)C3)nc2-c2cccc(C#N)c2)cc(C)n1. The quantitative estimate of drug-likeness (QED) is 0.417. The molecule has 9 nitrogen and oxygen atoms in total. The van der Waals surface area contributed by atoms with Gasteiger partial charge in [0.1, 0.15) is 5.60 Å². The van der Waals surface area contributed by atoms with Gasteiger partial charge in [-0.1, -0.05) is 23.5 Å². The van der Waals surface area contributed by atoms with E-state index in [1.54, 1.807) is 21.9 Å². The van der Waals surface area contributed by atoms with E-state index >= 15 is 0 Å². The van der Waals surface area contributed by atoms with Gasteiger partial charge in [-0.15, -0.1) is 0 Å². The number of hydrogen-bond acceptors (Lipinski definition) is 7. The largest absolute Gasteiger partial charge is 0.444 e. The highest BCUT2D eigenvalue weighted by Crippen LogP contribution is 2.40. The van der Waals surface area contributed by atoms with E-state index in [0.717, 1.165) is 27.4 Å². The van der Waals surface area contributed by atoms with Crippen LogP contribution in [0.5, 0.6) is 0 Å². The monoisotopic (exact) mass is 546 g/mol. The smallest absolute Gasteiger partial charge is 0.410 e. The Balaban J connectivity index is 1.60. The molecule has 3 heterocycles. The molecular formula is C29H34N6O3S. The predicted molar refractivity (Wildman–Crippen MR) is 153 cm³/mol. The molecule has 39 heavy (non-hydrogen) atoms. The molecular weight excluding hydrogens is 512 g/mol. The zero-order chi connectivity index (χ0) is 28.5. The maximum Gasteiger partial charge on any atom is 0.410 e. The van der Waals surface area contributed by atoms with Gasteiger partial charge in [-0.3, -0.25) is 15.2 Å². The minimum atomic E-state index is -0.593. The number of benzene rings is 1. The van der Waals surface area contributed by atoms with Crippen LogP contribution in [0.2, 0.25) is 0 Å². The van der Waals surface area contributed by atoms with Gasteiger partial charge in [0.25, 0.3) is 0 Å². The first-order chi connectivity index (χ1) is 18.3. The summed E-state index contributed by atoms with van der Waals surface area (Å²) in [5, 5.41) is 12.8. The molecule has 1 aliphatic heterocycles. The van der Waals surface area contributed by atoms with Crippen molar-refractivity contribution >= 4 is 28.6 Å². The first-order valence-electron chi connectivity index (χ1n) is 12.9. The first kappa shape index (κ1) is 28.0. The summed E-state index contributed by atoms with van der Waals surface area (Å²) in [7, 11) is 0. The van der Waals surface area contributed by atoms with Gasteiger partial charge in [-0.05, 0) is 78.3 Å². The number of thiazole rings is 1. The Morgan fingerprint density at radius 3 is 2.28 bits per heavy atom. The van der Waals surface area contributed by atoms with E-state index in [0.29, 0.717) is 29.5 Å². The second kappa shape index (κ2) is 11.0. The summed E-state index contributed by atoms with van der Waals surface area (Å²) in [5.74, 6) is 0. The molecule has 0 spiro atoms. The molecule has 4 rings (SSSR count). The van der Waals surface area contributed by atoms with E-state index < -0.39 is 5.60 Å². The molecule has 0 unspecified atom stereocenters. The lowest BCUT2D eigenvalue weighted by Crippen LogP contribution is -2.61. The van der Waals surface area contributed by atoms with Crippen LogP contribution in [-0.2, 0) is 4.74 Å². The number of nitriles is 1. The van der Waals surface area contributed by atoms with Crippen molar-refractivity contribution in [1.82, 2.24) is 19.8 Å². The minimum absolute atomic E-state index is 0.215. The second-order valence-corrected chi connectivity index (χ2v) is 11.9. The molecule has 1 saturated heterocycles. The van der Waals surface area contributed by atoms with Crippen LogP contribution in [0.25, 0.3) is 21.7 Å². The molecule has 3 amide bonds. The highest BCUT2D eigenvalue weighted by Gasteiger charge is 2.37. The third-order valence-corrected chi connectivity index (χ3v) is 7.28. The van der Waals surface area contributed by atoms with Crippen molar-refractivity contribution < 1.29 is 14.3 Å². The molecule has 2 atom stereocenters. The fourth-order valence-corrected chi connectivity index (χ4v) is 5.76. The predicted octanol–water partition coefficient (Wildman–Crippen LogP) is 6.22. The van der Waals surface area contributed by atoms with E-state index in [4.69, 9.17) is 9.72 Å². The Hall–Kier alpha value is -3.97. The van der Waals surface area contributed by atoms with Crippen molar-refractivity contribution in [3.8, 4) is 27.8 Å². The highest BCUT2D eigenvalue weighted by molar-refractivity contribution is 7.19. The maximum atomic E-state index is 13.4. The van der Waals surface area contributed by atoms with E-state index in [1.807, 2.05) is 72.7 Å². The van der Waals surface area contributed by atoms with Crippen molar-refractivity contribution in [1.29, 1.82) is 5.26 Å². The van der Waals surface area contributed by atoms with Crippen molar-refractivity contribution in [2.45, 2.75) is 66.2 Å². The number of aromatic nitrogens is 2. The highest BCUT2D eigenvalue weighted by atomic mass is 32.1. The number of carbonyl (C=O) groups is 2. The van der Waals surface area contributed by atoms with E-state index in [2.05, 4.69) is 16.4 Å². The minimum Gasteiger partial charge on any atom is -0.444 e. The van der Waals surface area contributed by atoms with Gasteiger partial charge in [0.15, 0.2) is 5.13 Å². The Morgan fingerprint density at radius 1 is 1.05 bits per heavy atom. The van der Waals surface area contributed by atoms with Gasteiger partial charge in [-0.25, -0.2) is 14.6 Å². The van der Waals surface area contributed by atoms with Crippen molar-refractivity contribution in [3.63, 3.8) is 0 Å². The number of hydrogen-bond donors (Lipinski definition) is 1. The summed E-state index contributed by atoms with van der Waals surface area (Å²) in [6, 6.07) is 12.7. The summed E-state index contributed by atoms with van der Waals surface area (Å²) < 4.78 is 5.58. The lowest BCUT2D eigenvalue weighted by molar-refractivity contribution is -0.00868.